The van der Waals surface area contributed by atoms with Gasteiger partial charge in [-0.05, 0) is 47.2 Å². The van der Waals surface area contributed by atoms with Crippen LogP contribution in [0.5, 0.6) is 0 Å². The van der Waals surface area contributed by atoms with Crippen molar-refractivity contribution in [2.45, 2.75) is 12.5 Å². The molecule has 20 heavy (non-hydrogen) atoms. The van der Waals surface area contributed by atoms with E-state index in [0.29, 0.717) is 28.6 Å². The summed E-state index contributed by atoms with van der Waals surface area (Å²) in [5.74, 6) is -0.731. The fraction of sp³-hybridized carbons (Fsp3) is 0.417. The maximum absolute atomic E-state index is 13.2. The molecule has 1 aliphatic heterocycles. The first-order chi connectivity index (χ1) is 9.26. The van der Waals surface area contributed by atoms with Crippen LogP contribution in [-0.4, -0.2) is 44.6 Å². The number of hydrogen-bond acceptors (Lipinski definition) is 3. The SMILES string of the molecule is CS(=O)(=O)NC1CCN(C(=O)c2cc(F)ccc2I)C1. The van der Waals surface area contributed by atoms with Gasteiger partial charge >= 0.3 is 0 Å². The van der Waals surface area contributed by atoms with Crippen LogP contribution in [0.25, 0.3) is 0 Å². The molecule has 0 radical (unpaired) electrons. The van der Waals surface area contributed by atoms with Gasteiger partial charge in [0.15, 0.2) is 0 Å². The van der Waals surface area contributed by atoms with E-state index in [1.54, 1.807) is 11.0 Å². The second-order valence-electron chi connectivity index (χ2n) is 4.75. The topological polar surface area (TPSA) is 66.5 Å². The number of carbonyl (C=O) groups is 1. The van der Waals surface area contributed by atoms with E-state index in [-0.39, 0.29) is 11.9 Å². The van der Waals surface area contributed by atoms with Crippen molar-refractivity contribution < 1.29 is 17.6 Å². The maximum atomic E-state index is 13.2. The molecule has 8 heteroatoms. The van der Waals surface area contributed by atoms with Gasteiger partial charge in [0.1, 0.15) is 5.82 Å². The Hall–Kier alpha value is -0.740. The fourth-order valence-corrected chi connectivity index (χ4v) is 3.54. The summed E-state index contributed by atoms with van der Waals surface area (Å²) in [5.41, 5.74) is 0.311. The van der Waals surface area contributed by atoms with Gasteiger partial charge in [-0.2, -0.15) is 0 Å². The minimum absolute atomic E-state index is 0.272. The van der Waals surface area contributed by atoms with E-state index in [9.17, 15) is 17.6 Å². The minimum Gasteiger partial charge on any atom is -0.337 e. The van der Waals surface area contributed by atoms with Crippen LogP contribution in [0.3, 0.4) is 0 Å². The highest BCUT2D eigenvalue weighted by atomic mass is 127. The number of nitrogens with zero attached hydrogens (tertiary/aromatic N) is 1. The molecule has 2 rings (SSSR count). The predicted octanol–water partition coefficient (Wildman–Crippen LogP) is 1.19. The number of carbonyl (C=O) groups excluding carboxylic acids is 1. The average Bonchev–Trinajstić information content (AvgIpc) is 2.77. The molecular formula is C12H14FIN2O3S. The number of likely N-dealkylation sites (tertiary alicyclic amines) is 1. The Morgan fingerprint density at radius 3 is 2.85 bits per heavy atom. The molecule has 1 amide bonds. The maximum Gasteiger partial charge on any atom is 0.255 e. The van der Waals surface area contributed by atoms with E-state index in [4.69, 9.17) is 0 Å². The summed E-state index contributed by atoms with van der Waals surface area (Å²) < 4.78 is 38.7. The first kappa shape index (κ1) is 15.6. The van der Waals surface area contributed by atoms with Gasteiger partial charge in [-0.3, -0.25) is 4.79 Å². The molecule has 0 saturated carbocycles. The Labute approximate surface area is 130 Å². The Balaban J connectivity index is 2.10. The van der Waals surface area contributed by atoms with Gasteiger partial charge in [0, 0.05) is 22.7 Å². The number of halogens is 2. The first-order valence-electron chi connectivity index (χ1n) is 5.98. The summed E-state index contributed by atoms with van der Waals surface area (Å²) in [7, 11) is -3.29. The van der Waals surface area contributed by atoms with Crippen molar-refractivity contribution >= 4 is 38.5 Å². The molecule has 1 aromatic carbocycles. The average molecular weight is 412 g/mol. The van der Waals surface area contributed by atoms with Crippen LogP contribution in [0.2, 0.25) is 0 Å². The summed E-state index contributed by atoms with van der Waals surface area (Å²) >= 11 is 1.98. The van der Waals surface area contributed by atoms with E-state index < -0.39 is 15.8 Å². The second kappa shape index (κ2) is 5.94. The van der Waals surface area contributed by atoms with Crippen molar-refractivity contribution in [3.05, 3.63) is 33.1 Å². The number of sulfonamides is 1. The number of nitrogens with one attached hydrogen (secondary N) is 1. The number of rotatable bonds is 3. The van der Waals surface area contributed by atoms with Crippen LogP contribution in [0.1, 0.15) is 16.8 Å². The highest BCUT2D eigenvalue weighted by Crippen LogP contribution is 2.19. The quantitative estimate of drug-likeness (QED) is 0.759. The van der Waals surface area contributed by atoms with E-state index in [0.717, 1.165) is 6.26 Å². The van der Waals surface area contributed by atoms with E-state index in [1.165, 1.54) is 12.1 Å². The van der Waals surface area contributed by atoms with Crippen molar-refractivity contribution in [3.8, 4) is 0 Å². The molecule has 1 aromatic rings. The van der Waals surface area contributed by atoms with Gasteiger partial charge in [-0.1, -0.05) is 0 Å². The smallest absolute Gasteiger partial charge is 0.255 e. The third kappa shape index (κ3) is 3.89. The molecule has 0 spiro atoms. The molecule has 110 valence electrons. The van der Waals surface area contributed by atoms with E-state index in [2.05, 4.69) is 4.72 Å². The second-order valence-corrected chi connectivity index (χ2v) is 7.69. The highest BCUT2D eigenvalue weighted by molar-refractivity contribution is 14.1. The third-order valence-corrected chi connectivity index (χ3v) is 4.72. The van der Waals surface area contributed by atoms with Crippen LogP contribution in [0.4, 0.5) is 4.39 Å². The van der Waals surface area contributed by atoms with Crippen LogP contribution in [0, 0.1) is 9.39 Å². The largest absolute Gasteiger partial charge is 0.337 e. The lowest BCUT2D eigenvalue weighted by Crippen LogP contribution is -2.38. The predicted molar refractivity (Wildman–Crippen MR) is 81.4 cm³/mol. The normalized spacial score (nSPS) is 19.4. The van der Waals surface area contributed by atoms with Gasteiger partial charge in [0.2, 0.25) is 10.0 Å². The van der Waals surface area contributed by atoms with Gasteiger partial charge in [-0.25, -0.2) is 17.5 Å². The van der Waals surface area contributed by atoms with Crippen LogP contribution in [0.15, 0.2) is 18.2 Å². The number of hydrogen-bond donors (Lipinski definition) is 1. The van der Waals surface area contributed by atoms with Gasteiger partial charge in [0.05, 0.1) is 11.8 Å². The lowest BCUT2D eigenvalue weighted by Gasteiger charge is -2.17. The zero-order valence-corrected chi connectivity index (χ0v) is 13.7. The Kier molecular flexibility index (Phi) is 4.65. The molecule has 1 fully saturated rings. The first-order valence-corrected chi connectivity index (χ1v) is 8.95. The molecule has 0 bridgehead atoms. The zero-order valence-electron chi connectivity index (χ0n) is 10.8. The molecule has 0 aliphatic carbocycles. The Bertz CT molecular complexity index is 636. The van der Waals surface area contributed by atoms with Gasteiger partial charge < -0.3 is 4.90 Å². The summed E-state index contributed by atoms with van der Waals surface area (Å²) in [6.07, 6.45) is 1.65. The molecule has 5 nitrogen and oxygen atoms in total. The van der Waals surface area contributed by atoms with E-state index in [1.807, 2.05) is 22.6 Å². The summed E-state index contributed by atoms with van der Waals surface area (Å²) in [5, 5.41) is 0. The lowest BCUT2D eigenvalue weighted by atomic mass is 10.2. The molecule has 1 aliphatic rings. The Morgan fingerprint density at radius 2 is 2.20 bits per heavy atom. The van der Waals surface area contributed by atoms with Crippen LogP contribution >= 0.6 is 22.6 Å². The number of amides is 1. The standard InChI is InChI=1S/C12H14FIN2O3S/c1-20(18,19)15-9-4-5-16(7-9)12(17)10-6-8(13)2-3-11(10)14/h2-3,6,9,15H,4-5,7H2,1H3. The highest BCUT2D eigenvalue weighted by Gasteiger charge is 2.29. The van der Waals surface area contributed by atoms with Crippen molar-refractivity contribution in [2.24, 2.45) is 0 Å². The summed E-state index contributed by atoms with van der Waals surface area (Å²) in [4.78, 5) is 13.8. The van der Waals surface area contributed by atoms with Gasteiger partial charge in [-0.15, -0.1) is 0 Å². The molecular weight excluding hydrogens is 398 g/mol. The molecule has 1 unspecified atom stereocenters. The lowest BCUT2D eigenvalue weighted by molar-refractivity contribution is 0.0788. The molecule has 1 heterocycles. The summed E-state index contributed by atoms with van der Waals surface area (Å²) in [6.45, 7) is 0.761. The molecule has 1 N–H and O–H groups in total. The molecule has 1 atom stereocenters. The third-order valence-electron chi connectivity index (χ3n) is 3.02. The zero-order chi connectivity index (χ0) is 14.9. The minimum atomic E-state index is -3.29. The number of benzene rings is 1. The van der Waals surface area contributed by atoms with Crippen molar-refractivity contribution in [1.82, 2.24) is 9.62 Å². The van der Waals surface area contributed by atoms with Crippen molar-refractivity contribution in [3.63, 3.8) is 0 Å². The van der Waals surface area contributed by atoms with Crippen molar-refractivity contribution in [2.75, 3.05) is 19.3 Å². The van der Waals surface area contributed by atoms with Crippen LogP contribution in [-0.2, 0) is 10.0 Å². The monoisotopic (exact) mass is 412 g/mol. The van der Waals surface area contributed by atoms with Gasteiger partial charge in [0.25, 0.3) is 5.91 Å². The van der Waals surface area contributed by atoms with Crippen LogP contribution < -0.4 is 4.72 Å². The van der Waals surface area contributed by atoms with E-state index >= 15 is 0 Å². The Morgan fingerprint density at radius 1 is 1.50 bits per heavy atom. The van der Waals surface area contributed by atoms with Crippen molar-refractivity contribution in [1.29, 1.82) is 0 Å². The molecule has 0 aromatic heterocycles. The molecule has 1 saturated heterocycles. The fourth-order valence-electron chi connectivity index (χ4n) is 2.18. The summed E-state index contributed by atoms with van der Waals surface area (Å²) in [6, 6.07) is 3.78.